The van der Waals surface area contributed by atoms with Crippen LogP contribution in [0.5, 0.6) is 0 Å². The van der Waals surface area contributed by atoms with Gasteiger partial charge in [0.2, 0.25) is 59.1 Å². The van der Waals surface area contributed by atoms with Gasteiger partial charge in [0.25, 0.3) is 0 Å². The van der Waals surface area contributed by atoms with Crippen LogP contribution >= 0.6 is 0 Å². The van der Waals surface area contributed by atoms with E-state index in [4.69, 9.17) is 10.5 Å². The van der Waals surface area contributed by atoms with Crippen LogP contribution in [0.25, 0.3) is 0 Å². The second kappa shape index (κ2) is 37.9. The lowest BCUT2D eigenvalue weighted by molar-refractivity contribution is -0.151. The van der Waals surface area contributed by atoms with Gasteiger partial charge in [-0.25, -0.2) is 4.79 Å². The van der Waals surface area contributed by atoms with Crippen molar-refractivity contribution in [2.45, 2.75) is 219 Å². The molecule has 2 aliphatic rings. The number of likely N-dealkylation sites (N-methyl/N-ethyl adjacent to an activating group) is 5. The summed E-state index contributed by atoms with van der Waals surface area (Å²) in [5.41, 5.74) is 6.03. The maximum atomic E-state index is 15.3. The van der Waals surface area contributed by atoms with Crippen molar-refractivity contribution in [2.75, 3.05) is 75.1 Å². The van der Waals surface area contributed by atoms with Crippen LogP contribution in [0.3, 0.4) is 0 Å². The van der Waals surface area contributed by atoms with Crippen molar-refractivity contribution >= 4 is 71.3 Å². The fourth-order valence-electron chi connectivity index (χ4n) is 11.8. The summed E-state index contributed by atoms with van der Waals surface area (Å²) in [6.07, 6.45) is 4.84. The molecule has 0 saturated carbocycles. The Morgan fingerprint density at radius 2 is 1.17 bits per heavy atom. The minimum atomic E-state index is -1.65. The number of carbonyl (C=O) groups is 11. The van der Waals surface area contributed by atoms with E-state index in [0.717, 1.165) is 40.4 Å². The topological polar surface area (TPSA) is 318 Å². The zero-order valence-corrected chi connectivity index (χ0v) is 61.5. The van der Waals surface area contributed by atoms with Gasteiger partial charge in [-0.15, -0.1) is 0 Å². The molecule has 1 fully saturated rings. The van der Waals surface area contributed by atoms with E-state index in [1.54, 1.807) is 86.6 Å². The Labute approximate surface area is 581 Å². The first-order valence-corrected chi connectivity index (χ1v) is 34.7. The molecular formula is C72H115N13O13. The summed E-state index contributed by atoms with van der Waals surface area (Å²) in [7, 11) is 8.48. The molecule has 12 amide bonds. The van der Waals surface area contributed by atoms with E-state index < -0.39 is 144 Å². The predicted molar refractivity (Wildman–Crippen MR) is 375 cm³/mol. The predicted octanol–water partition coefficient (Wildman–Crippen LogP) is 4.24. The summed E-state index contributed by atoms with van der Waals surface area (Å²) in [5.74, 6) is -7.13. The van der Waals surface area contributed by atoms with Gasteiger partial charge in [-0.1, -0.05) is 122 Å². The molecular weight excluding hydrogens is 1250 g/mol. The number of urea groups is 1. The van der Waals surface area contributed by atoms with Gasteiger partial charge in [-0.2, -0.15) is 0 Å². The molecule has 0 radical (unpaired) electrons. The van der Waals surface area contributed by atoms with Gasteiger partial charge in [-0.3, -0.25) is 57.8 Å². The van der Waals surface area contributed by atoms with Gasteiger partial charge in [0.15, 0.2) is 5.66 Å². The molecule has 0 bridgehead atoms. The number of aliphatic hydroxyl groups is 1. The minimum Gasteiger partial charge on any atom is -0.391 e. The summed E-state index contributed by atoms with van der Waals surface area (Å²) in [4.78, 5) is 173. The molecule has 1 saturated heterocycles. The first kappa shape index (κ1) is 82.6. The molecule has 6 N–H and O–H groups in total. The quantitative estimate of drug-likeness (QED) is 0.0597. The highest BCUT2D eigenvalue weighted by Crippen LogP contribution is 2.33. The number of nitrogens with zero attached hydrogens (tertiary/aromatic N) is 9. The van der Waals surface area contributed by atoms with Gasteiger partial charge in [-0.05, 0) is 102 Å². The van der Waals surface area contributed by atoms with Crippen LogP contribution in [-0.4, -0.2) is 256 Å². The Kier molecular flexibility index (Phi) is 32.0. The molecule has 98 heavy (non-hydrogen) atoms. The number of aliphatic imine (C=N–C) groups is 1. The highest BCUT2D eigenvalue weighted by molar-refractivity contribution is 6.01. The summed E-state index contributed by atoms with van der Waals surface area (Å²) in [6.45, 7) is 21.7. The van der Waals surface area contributed by atoms with Crippen molar-refractivity contribution in [3.8, 4) is 0 Å². The van der Waals surface area contributed by atoms with Gasteiger partial charge >= 0.3 is 6.03 Å². The normalized spacial score (nSPS) is 17.2. The molecule has 0 spiro atoms. The standard InChI is InChI=1S/C72H115N13O13/c1-19-20-28-37-85(43-59(88)79(14)57(40-52-33-26-22-27-34-52)67(94)80(15)55(38-46(2)3)63(90)75-54(44-98-71(10,11)12)66(93)83(18)72(45-74-72)42-47(4)5)69(96)61(50(9)86)77-62(89)49(8)78(13)68(95)60(48(6)7)76-64(91)56(39-51-31-24-21-25-32-51)81(16)70(97)82(17)58(87)41-53(73)65(92)84-35-29-23-30-36-84/h21-22,24-27,31-34,45-50,53-57,60-61,86H,19-20,23,28-30,35-44,73H2,1-18H3,(H,75,90)(H,76,91)(H,77,89)/t49-,50+,53-,54?,55-,56-,57-,60-,61?,72-/m0/s1. The van der Waals surface area contributed by atoms with Crippen molar-refractivity contribution in [3.63, 3.8) is 0 Å². The SMILES string of the molecule is CCCCCN(CC(=O)N(C)[C@@H](Cc1ccccc1)C(=O)N(C)[C@@H](CC(C)C)C(=O)NC(COC(C)(C)C)C(=O)N(C)[C@@]1(CC(C)C)C=N1)C(=O)C(NC(=O)[C@H](C)N(C)C(=O)[C@@H](NC(=O)[C@H](Cc1ccccc1)N(C)C(=O)N(C)C(=O)C[C@H](N)C(=O)N1CCCCC1)C(C)C)[C@@H](C)O. The first-order chi connectivity index (χ1) is 45.9. The third-order valence-corrected chi connectivity index (χ3v) is 18.2. The van der Waals surface area contributed by atoms with Crippen LogP contribution < -0.4 is 21.7 Å². The highest BCUT2D eigenvalue weighted by atomic mass is 16.5. The third kappa shape index (κ3) is 24.0. The summed E-state index contributed by atoms with van der Waals surface area (Å²) in [6, 6.07) is 6.64. The molecule has 4 rings (SSSR count). The van der Waals surface area contributed by atoms with Crippen LogP contribution in [0.1, 0.15) is 152 Å². The second-order valence-electron chi connectivity index (χ2n) is 28.7. The van der Waals surface area contributed by atoms with Gasteiger partial charge in [0.1, 0.15) is 42.3 Å². The molecule has 0 aliphatic carbocycles. The van der Waals surface area contributed by atoms with Gasteiger partial charge in [0, 0.05) is 81.0 Å². The molecule has 0 aromatic heterocycles. The lowest BCUT2D eigenvalue weighted by atomic mass is 9.98. The lowest BCUT2D eigenvalue weighted by Crippen LogP contribution is -2.61. The van der Waals surface area contributed by atoms with E-state index >= 15 is 4.79 Å². The number of likely N-dealkylation sites (tertiary alicyclic amines) is 1. The maximum Gasteiger partial charge on any atom is 0.326 e. The summed E-state index contributed by atoms with van der Waals surface area (Å²) in [5, 5.41) is 19.7. The fourth-order valence-corrected chi connectivity index (χ4v) is 11.8. The number of piperidine rings is 1. The molecule has 10 atom stereocenters. The number of aliphatic hydroxyl groups excluding tert-OH is 1. The van der Waals surface area contributed by atoms with Crippen LogP contribution in [-0.2, 0) is 65.5 Å². The monoisotopic (exact) mass is 1370 g/mol. The Morgan fingerprint density at radius 1 is 0.633 bits per heavy atom. The van der Waals surface area contributed by atoms with Gasteiger partial charge < -0.3 is 65.8 Å². The number of hydrogen-bond donors (Lipinski definition) is 5. The van der Waals surface area contributed by atoms with E-state index in [1.807, 2.05) is 61.5 Å². The molecule has 2 heterocycles. The number of hydrogen-bond acceptors (Lipinski definition) is 15. The molecule has 2 unspecified atom stereocenters. The summed E-state index contributed by atoms with van der Waals surface area (Å²) >= 11 is 0. The van der Waals surface area contributed by atoms with Crippen LogP contribution in [0, 0.1) is 17.8 Å². The minimum absolute atomic E-state index is 0.00211. The highest BCUT2D eigenvalue weighted by Gasteiger charge is 2.47. The van der Waals surface area contributed by atoms with Crippen LogP contribution in [0.15, 0.2) is 65.7 Å². The van der Waals surface area contributed by atoms with Crippen molar-refractivity contribution in [1.29, 1.82) is 0 Å². The number of nitrogens with two attached hydrogens (primary N) is 1. The third-order valence-electron chi connectivity index (χ3n) is 18.2. The number of imide groups is 1. The maximum absolute atomic E-state index is 15.3. The number of unbranched alkanes of at least 4 members (excludes halogenated alkanes) is 2. The fraction of sp³-hybridized carbons (Fsp3) is 0.667. The van der Waals surface area contributed by atoms with E-state index in [9.17, 15) is 53.1 Å². The number of ether oxygens (including phenoxy) is 1. The molecule has 26 nitrogen and oxygen atoms in total. The van der Waals surface area contributed by atoms with Crippen molar-refractivity contribution < 1.29 is 62.6 Å². The smallest absolute Gasteiger partial charge is 0.326 e. The number of amides is 12. The molecule has 2 aromatic rings. The average Bonchev–Trinajstić information content (AvgIpc) is 1.61. The molecule has 26 heteroatoms. The largest absolute Gasteiger partial charge is 0.391 e. The lowest BCUT2D eigenvalue weighted by Gasteiger charge is -2.37. The van der Waals surface area contributed by atoms with Crippen LogP contribution in [0.4, 0.5) is 4.79 Å². The van der Waals surface area contributed by atoms with Gasteiger partial charge in [0.05, 0.1) is 37.3 Å². The Balaban J connectivity index is 1.58. The van der Waals surface area contributed by atoms with Crippen molar-refractivity contribution in [3.05, 3.63) is 71.8 Å². The number of carbonyl (C=O) groups excluding carboxylic acids is 11. The van der Waals surface area contributed by atoms with E-state index in [1.165, 1.54) is 68.7 Å². The number of benzene rings is 2. The van der Waals surface area contributed by atoms with E-state index in [-0.39, 0.29) is 50.2 Å². The Morgan fingerprint density at radius 3 is 1.67 bits per heavy atom. The second-order valence-corrected chi connectivity index (χ2v) is 28.7. The van der Waals surface area contributed by atoms with E-state index in [0.29, 0.717) is 43.5 Å². The molecule has 2 aromatic carbocycles. The molecule has 2 aliphatic heterocycles. The number of nitrogens with one attached hydrogen (secondary N) is 3. The van der Waals surface area contributed by atoms with E-state index in [2.05, 4.69) is 20.9 Å². The zero-order valence-electron chi connectivity index (χ0n) is 61.5. The van der Waals surface area contributed by atoms with Crippen molar-refractivity contribution in [1.82, 2.24) is 55.1 Å². The van der Waals surface area contributed by atoms with Crippen molar-refractivity contribution in [2.24, 2.45) is 28.5 Å². The Hall–Kier alpha value is -7.84. The molecule has 546 valence electrons. The zero-order chi connectivity index (χ0) is 73.7. The van der Waals surface area contributed by atoms with Crippen LogP contribution in [0.2, 0.25) is 0 Å². The average molecular weight is 1370 g/mol. The first-order valence-electron chi connectivity index (χ1n) is 34.7. The Bertz CT molecular complexity index is 3040. The summed E-state index contributed by atoms with van der Waals surface area (Å²) < 4.78 is 6.11. The number of rotatable bonds is 36.